The standard InChI is InChI=1S/C12H12O/c1-3-11(12(13)4-2)10-8-6-5-7-9-10/h1,4-9,11-13H,2H2. The highest BCUT2D eigenvalue weighted by molar-refractivity contribution is 5.29. The molecule has 0 saturated carbocycles. The van der Waals surface area contributed by atoms with E-state index in [-0.39, 0.29) is 5.92 Å². The number of rotatable bonds is 3. The summed E-state index contributed by atoms with van der Waals surface area (Å²) in [5, 5.41) is 9.51. The number of hydrogen-bond acceptors (Lipinski definition) is 1. The van der Waals surface area contributed by atoms with Crippen LogP contribution in [0.25, 0.3) is 0 Å². The number of hydrogen-bond donors (Lipinski definition) is 1. The summed E-state index contributed by atoms with van der Waals surface area (Å²) < 4.78 is 0. The van der Waals surface area contributed by atoms with E-state index in [1.165, 1.54) is 6.08 Å². The molecule has 1 aromatic carbocycles. The number of benzene rings is 1. The molecular weight excluding hydrogens is 160 g/mol. The van der Waals surface area contributed by atoms with Crippen molar-refractivity contribution in [3.05, 3.63) is 48.6 Å². The van der Waals surface area contributed by atoms with Crippen LogP contribution in [0, 0.1) is 12.3 Å². The summed E-state index contributed by atoms with van der Waals surface area (Å²) in [6, 6.07) is 9.51. The lowest BCUT2D eigenvalue weighted by molar-refractivity contribution is 0.211. The molecule has 0 bridgehead atoms. The maximum Gasteiger partial charge on any atom is 0.0896 e. The Labute approximate surface area is 78.7 Å². The van der Waals surface area contributed by atoms with Crippen molar-refractivity contribution >= 4 is 0 Å². The maximum atomic E-state index is 9.51. The SMILES string of the molecule is C#CC(c1ccccc1)C(O)C=C. The van der Waals surface area contributed by atoms with E-state index in [2.05, 4.69) is 12.5 Å². The molecule has 0 aliphatic rings. The molecule has 1 heteroatoms. The highest BCUT2D eigenvalue weighted by Crippen LogP contribution is 2.18. The van der Waals surface area contributed by atoms with Gasteiger partial charge in [0.25, 0.3) is 0 Å². The molecule has 0 aliphatic carbocycles. The summed E-state index contributed by atoms with van der Waals surface area (Å²) in [5.74, 6) is 2.25. The molecule has 0 fully saturated rings. The van der Waals surface area contributed by atoms with Gasteiger partial charge < -0.3 is 5.11 Å². The Morgan fingerprint density at radius 2 is 2.00 bits per heavy atom. The smallest absolute Gasteiger partial charge is 0.0896 e. The normalized spacial score (nSPS) is 14.2. The molecule has 1 aromatic rings. The highest BCUT2D eigenvalue weighted by atomic mass is 16.3. The zero-order chi connectivity index (χ0) is 9.68. The van der Waals surface area contributed by atoms with Crippen LogP contribution in [0.15, 0.2) is 43.0 Å². The Kier molecular flexibility index (Phi) is 3.31. The van der Waals surface area contributed by atoms with Crippen LogP contribution in [0.3, 0.4) is 0 Å². The largest absolute Gasteiger partial charge is 0.387 e. The topological polar surface area (TPSA) is 20.2 Å². The van der Waals surface area contributed by atoms with Crippen molar-refractivity contribution in [2.75, 3.05) is 0 Å². The predicted molar refractivity (Wildman–Crippen MR) is 54.2 cm³/mol. The second-order valence-corrected chi connectivity index (χ2v) is 2.78. The summed E-state index contributed by atoms with van der Waals surface area (Å²) in [6.45, 7) is 3.51. The van der Waals surface area contributed by atoms with Gasteiger partial charge in [0, 0.05) is 0 Å². The van der Waals surface area contributed by atoms with Crippen molar-refractivity contribution in [1.82, 2.24) is 0 Å². The molecule has 0 aliphatic heterocycles. The van der Waals surface area contributed by atoms with Gasteiger partial charge >= 0.3 is 0 Å². The lowest BCUT2D eigenvalue weighted by atomic mass is 9.94. The minimum absolute atomic E-state index is 0.293. The van der Waals surface area contributed by atoms with Gasteiger partial charge in [-0.3, -0.25) is 0 Å². The lowest BCUT2D eigenvalue weighted by Crippen LogP contribution is -2.13. The van der Waals surface area contributed by atoms with Crippen LogP contribution in [0.1, 0.15) is 11.5 Å². The van der Waals surface area contributed by atoms with Crippen LogP contribution in [0.2, 0.25) is 0 Å². The van der Waals surface area contributed by atoms with Crippen LogP contribution < -0.4 is 0 Å². The first-order valence-electron chi connectivity index (χ1n) is 4.11. The second kappa shape index (κ2) is 4.49. The van der Waals surface area contributed by atoms with Gasteiger partial charge in [0.2, 0.25) is 0 Å². The van der Waals surface area contributed by atoms with Crippen LogP contribution in [-0.4, -0.2) is 11.2 Å². The molecule has 1 nitrogen and oxygen atoms in total. The average molecular weight is 172 g/mol. The van der Waals surface area contributed by atoms with E-state index in [0.29, 0.717) is 0 Å². The molecule has 0 radical (unpaired) electrons. The number of aliphatic hydroxyl groups is 1. The Bertz CT molecular complexity index is 308. The van der Waals surface area contributed by atoms with E-state index >= 15 is 0 Å². The zero-order valence-corrected chi connectivity index (χ0v) is 7.35. The fourth-order valence-corrected chi connectivity index (χ4v) is 1.19. The third-order valence-electron chi connectivity index (χ3n) is 1.92. The van der Waals surface area contributed by atoms with Crippen molar-refractivity contribution in [3.63, 3.8) is 0 Å². The van der Waals surface area contributed by atoms with Crippen molar-refractivity contribution in [2.24, 2.45) is 0 Å². The van der Waals surface area contributed by atoms with E-state index in [4.69, 9.17) is 6.42 Å². The fourth-order valence-electron chi connectivity index (χ4n) is 1.19. The maximum absolute atomic E-state index is 9.51. The third-order valence-corrected chi connectivity index (χ3v) is 1.92. The first kappa shape index (κ1) is 9.57. The molecule has 13 heavy (non-hydrogen) atoms. The van der Waals surface area contributed by atoms with Gasteiger partial charge in [-0.15, -0.1) is 13.0 Å². The third kappa shape index (κ3) is 2.21. The van der Waals surface area contributed by atoms with E-state index in [1.54, 1.807) is 0 Å². The van der Waals surface area contributed by atoms with Crippen LogP contribution in [0.5, 0.6) is 0 Å². The summed E-state index contributed by atoms with van der Waals surface area (Å²) in [6.07, 6.45) is 6.11. The van der Waals surface area contributed by atoms with E-state index in [9.17, 15) is 5.11 Å². The van der Waals surface area contributed by atoms with Crippen molar-refractivity contribution in [2.45, 2.75) is 12.0 Å². The predicted octanol–water partition coefficient (Wildman–Crippen LogP) is 1.95. The number of terminal acetylenes is 1. The van der Waals surface area contributed by atoms with Crippen molar-refractivity contribution < 1.29 is 5.11 Å². The molecule has 1 rings (SSSR count). The van der Waals surface area contributed by atoms with Gasteiger partial charge in [-0.1, -0.05) is 42.3 Å². The summed E-state index contributed by atoms with van der Waals surface area (Å²) in [7, 11) is 0. The molecular formula is C12H12O. The molecule has 2 atom stereocenters. The Balaban J connectivity index is 2.93. The minimum atomic E-state index is -0.674. The second-order valence-electron chi connectivity index (χ2n) is 2.78. The molecule has 1 N–H and O–H groups in total. The number of aliphatic hydroxyl groups excluding tert-OH is 1. The van der Waals surface area contributed by atoms with Gasteiger partial charge in [0.15, 0.2) is 0 Å². The lowest BCUT2D eigenvalue weighted by Gasteiger charge is -2.14. The zero-order valence-electron chi connectivity index (χ0n) is 7.35. The van der Waals surface area contributed by atoms with Gasteiger partial charge in [0.1, 0.15) is 0 Å². The minimum Gasteiger partial charge on any atom is -0.387 e. The van der Waals surface area contributed by atoms with Gasteiger partial charge in [0.05, 0.1) is 12.0 Å². The summed E-state index contributed by atoms with van der Waals surface area (Å²) in [4.78, 5) is 0. The summed E-state index contributed by atoms with van der Waals surface area (Å²) >= 11 is 0. The monoisotopic (exact) mass is 172 g/mol. The molecule has 0 spiro atoms. The Hall–Kier alpha value is -1.52. The molecule has 0 amide bonds. The molecule has 0 heterocycles. The highest BCUT2D eigenvalue weighted by Gasteiger charge is 2.14. The van der Waals surface area contributed by atoms with Crippen LogP contribution in [-0.2, 0) is 0 Å². The van der Waals surface area contributed by atoms with Gasteiger partial charge in [-0.25, -0.2) is 0 Å². The molecule has 0 aromatic heterocycles. The van der Waals surface area contributed by atoms with Gasteiger partial charge in [-0.05, 0) is 5.56 Å². The van der Waals surface area contributed by atoms with E-state index < -0.39 is 6.10 Å². The molecule has 66 valence electrons. The Morgan fingerprint density at radius 3 is 2.46 bits per heavy atom. The molecule has 2 unspecified atom stereocenters. The van der Waals surface area contributed by atoms with Gasteiger partial charge in [-0.2, -0.15) is 0 Å². The fraction of sp³-hybridized carbons (Fsp3) is 0.167. The average Bonchev–Trinajstić information content (AvgIpc) is 2.20. The molecule has 0 saturated heterocycles. The van der Waals surface area contributed by atoms with Crippen molar-refractivity contribution in [3.8, 4) is 12.3 Å². The summed E-state index contributed by atoms with van der Waals surface area (Å²) in [5.41, 5.74) is 0.942. The Morgan fingerprint density at radius 1 is 1.38 bits per heavy atom. The quantitative estimate of drug-likeness (QED) is 0.545. The van der Waals surface area contributed by atoms with Crippen LogP contribution >= 0.6 is 0 Å². The van der Waals surface area contributed by atoms with Crippen LogP contribution in [0.4, 0.5) is 0 Å². The van der Waals surface area contributed by atoms with Crippen molar-refractivity contribution in [1.29, 1.82) is 0 Å². The van der Waals surface area contributed by atoms with E-state index in [0.717, 1.165) is 5.56 Å². The first-order chi connectivity index (χ1) is 6.29. The van der Waals surface area contributed by atoms with E-state index in [1.807, 2.05) is 30.3 Å². The first-order valence-corrected chi connectivity index (χ1v) is 4.11.